The molecule has 0 bridgehead atoms. The number of nitrogens with zero attached hydrogens (tertiary/aromatic N) is 4. The van der Waals surface area contributed by atoms with Crippen LogP contribution in [-0.4, -0.2) is 25.6 Å². The lowest BCUT2D eigenvalue weighted by atomic mass is 10.3. The molecule has 0 saturated carbocycles. The van der Waals surface area contributed by atoms with Crippen molar-refractivity contribution in [3.8, 4) is 0 Å². The molecule has 0 fully saturated rings. The average molecular weight is 293 g/mol. The number of rotatable bonds is 4. The number of nitrogens with two attached hydrogens (primary N) is 1. The maximum atomic E-state index is 13.1. The predicted octanol–water partition coefficient (Wildman–Crippen LogP) is 1.50. The summed E-state index contributed by atoms with van der Waals surface area (Å²) >= 11 is 0. The third kappa shape index (κ3) is 2.33. The van der Waals surface area contributed by atoms with Crippen LogP contribution in [0.1, 0.15) is 28.8 Å². The van der Waals surface area contributed by atoms with E-state index in [1.54, 1.807) is 24.3 Å². The maximum absolute atomic E-state index is 13.1. The zero-order valence-electron chi connectivity index (χ0n) is 10.5. The monoisotopic (exact) mass is 293 g/mol. The van der Waals surface area contributed by atoms with Crippen LogP contribution in [0, 0.1) is 0 Å². The fourth-order valence-corrected chi connectivity index (χ4v) is 1.99. The van der Waals surface area contributed by atoms with E-state index < -0.39 is 18.2 Å². The first-order valence-electron chi connectivity index (χ1n) is 5.92. The molecule has 2 heterocycles. The Morgan fingerprint density at radius 3 is 2.76 bits per heavy atom. The highest BCUT2D eigenvalue weighted by molar-refractivity contribution is 5.87. The van der Waals surface area contributed by atoms with Gasteiger partial charge in [-0.2, -0.15) is 4.98 Å². The molecule has 7 nitrogen and oxygen atoms in total. The van der Waals surface area contributed by atoms with Crippen LogP contribution in [0.5, 0.6) is 0 Å². The minimum atomic E-state index is -2.75. The second kappa shape index (κ2) is 4.93. The molecule has 0 unspecified atom stereocenters. The molecular formula is C12H9F2N5O2. The Morgan fingerprint density at radius 2 is 2.10 bits per heavy atom. The Morgan fingerprint density at radius 1 is 1.33 bits per heavy atom. The Labute approximate surface area is 116 Å². The fraction of sp³-hybridized carbons (Fsp3) is 0.167. The number of amides is 1. The molecule has 108 valence electrons. The molecule has 2 N–H and O–H groups in total. The van der Waals surface area contributed by atoms with E-state index in [1.807, 2.05) is 0 Å². The van der Waals surface area contributed by atoms with Crippen molar-refractivity contribution in [2.45, 2.75) is 13.0 Å². The van der Waals surface area contributed by atoms with Crippen molar-refractivity contribution in [3.63, 3.8) is 0 Å². The molecule has 0 saturated heterocycles. The summed E-state index contributed by atoms with van der Waals surface area (Å²) in [5.41, 5.74) is 5.94. The van der Waals surface area contributed by atoms with E-state index in [-0.39, 0.29) is 18.3 Å². The molecule has 1 amide bonds. The van der Waals surface area contributed by atoms with Crippen molar-refractivity contribution in [1.82, 2.24) is 19.7 Å². The van der Waals surface area contributed by atoms with Crippen molar-refractivity contribution in [2.24, 2.45) is 5.73 Å². The van der Waals surface area contributed by atoms with Crippen LogP contribution in [-0.2, 0) is 6.54 Å². The second-order valence-corrected chi connectivity index (χ2v) is 4.23. The highest BCUT2D eigenvalue weighted by atomic mass is 19.3. The molecule has 0 spiro atoms. The Balaban J connectivity index is 2.05. The fourth-order valence-electron chi connectivity index (χ4n) is 1.99. The first-order valence-corrected chi connectivity index (χ1v) is 5.92. The lowest BCUT2D eigenvalue weighted by Gasteiger charge is -2.05. The van der Waals surface area contributed by atoms with Gasteiger partial charge in [0.25, 0.3) is 6.43 Å². The standard InChI is InChI=1S/C12H9F2N5O2/c13-9(14)11-16-6-3-1-2-4-7(6)19(11)5-8-17-12(10(15)20)21-18-8/h1-4,9H,5H2,(H2,15,20). The number of para-hydroxylation sites is 2. The predicted molar refractivity (Wildman–Crippen MR) is 66.6 cm³/mol. The van der Waals surface area contributed by atoms with E-state index in [1.165, 1.54) is 4.57 Å². The number of carbonyl (C=O) groups is 1. The van der Waals surface area contributed by atoms with Crippen LogP contribution in [0.3, 0.4) is 0 Å². The molecule has 0 aliphatic heterocycles. The maximum Gasteiger partial charge on any atom is 0.315 e. The van der Waals surface area contributed by atoms with Crippen LogP contribution in [0.15, 0.2) is 28.8 Å². The second-order valence-electron chi connectivity index (χ2n) is 4.23. The quantitative estimate of drug-likeness (QED) is 0.785. The number of hydrogen-bond acceptors (Lipinski definition) is 5. The molecule has 2 aromatic heterocycles. The first kappa shape index (κ1) is 13.2. The molecule has 0 atom stereocenters. The van der Waals surface area contributed by atoms with Gasteiger partial charge in [-0.1, -0.05) is 17.3 Å². The molecule has 3 aromatic rings. The third-order valence-corrected chi connectivity index (χ3v) is 2.86. The summed E-state index contributed by atoms with van der Waals surface area (Å²) in [6, 6.07) is 6.70. The summed E-state index contributed by atoms with van der Waals surface area (Å²) in [6.45, 7) is -0.100. The zero-order valence-corrected chi connectivity index (χ0v) is 10.5. The normalized spacial score (nSPS) is 11.4. The van der Waals surface area contributed by atoms with Gasteiger partial charge in [-0.15, -0.1) is 0 Å². The topological polar surface area (TPSA) is 99.8 Å². The Hall–Kier alpha value is -2.84. The summed E-state index contributed by atoms with van der Waals surface area (Å²) in [4.78, 5) is 18.5. The van der Waals surface area contributed by atoms with Crippen LogP contribution in [0.2, 0.25) is 0 Å². The smallest absolute Gasteiger partial charge is 0.315 e. The zero-order chi connectivity index (χ0) is 15.0. The lowest BCUT2D eigenvalue weighted by molar-refractivity contribution is 0.0958. The van der Waals surface area contributed by atoms with Crippen molar-refractivity contribution in [2.75, 3.05) is 0 Å². The molecule has 21 heavy (non-hydrogen) atoms. The number of halogens is 2. The van der Waals surface area contributed by atoms with E-state index in [2.05, 4.69) is 19.6 Å². The van der Waals surface area contributed by atoms with Gasteiger partial charge >= 0.3 is 11.8 Å². The van der Waals surface area contributed by atoms with Crippen molar-refractivity contribution >= 4 is 16.9 Å². The summed E-state index contributed by atoms with van der Waals surface area (Å²) < 4.78 is 32.1. The molecule has 1 aromatic carbocycles. The largest absolute Gasteiger partial charge is 0.361 e. The SMILES string of the molecule is NC(=O)c1nc(Cn2c(C(F)F)nc3ccccc32)no1. The van der Waals surface area contributed by atoms with Gasteiger partial charge in [-0.3, -0.25) is 4.79 Å². The van der Waals surface area contributed by atoms with Gasteiger partial charge in [-0.05, 0) is 12.1 Å². The van der Waals surface area contributed by atoms with Crippen LogP contribution >= 0.6 is 0 Å². The Kier molecular flexibility index (Phi) is 3.09. The van der Waals surface area contributed by atoms with Gasteiger partial charge in [0.1, 0.15) is 0 Å². The van der Waals surface area contributed by atoms with E-state index in [0.29, 0.717) is 11.0 Å². The van der Waals surface area contributed by atoms with Gasteiger partial charge in [0.2, 0.25) is 0 Å². The lowest BCUT2D eigenvalue weighted by Crippen LogP contribution is -2.12. The Bertz CT molecular complexity index is 811. The first-order chi connectivity index (χ1) is 10.1. The number of aromatic nitrogens is 4. The number of carbonyl (C=O) groups excluding carboxylic acids is 1. The average Bonchev–Trinajstić information content (AvgIpc) is 3.05. The van der Waals surface area contributed by atoms with E-state index in [4.69, 9.17) is 5.73 Å². The number of hydrogen-bond donors (Lipinski definition) is 1. The van der Waals surface area contributed by atoms with Gasteiger partial charge in [0.15, 0.2) is 11.6 Å². The number of primary amides is 1. The summed E-state index contributed by atoms with van der Waals surface area (Å²) in [5.74, 6) is -1.58. The molecule has 0 aliphatic rings. The van der Waals surface area contributed by atoms with E-state index in [9.17, 15) is 13.6 Å². The number of alkyl halides is 2. The van der Waals surface area contributed by atoms with Crippen molar-refractivity contribution in [1.29, 1.82) is 0 Å². The highest BCUT2D eigenvalue weighted by Gasteiger charge is 2.21. The van der Waals surface area contributed by atoms with Gasteiger partial charge < -0.3 is 14.8 Å². The number of benzene rings is 1. The van der Waals surface area contributed by atoms with E-state index in [0.717, 1.165) is 0 Å². The number of imidazole rings is 1. The van der Waals surface area contributed by atoms with Gasteiger partial charge in [0, 0.05) is 0 Å². The minimum Gasteiger partial charge on any atom is -0.361 e. The minimum absolute atomic E-state index is 0.0638. The van der Waals surface area contributed by atoms with Crippen LogP contribution in [0.4, 0.5) is 8.78 Å². The van der Waals surface area contributed by atoms with Crippen molar-refractivity contribution in [3.05, 3.63) is 41.8 Å². The summed E-state index contributed by atoms with van der Waals surface area (Å²) in [7, 11) is 0. The molecule has 0 aliphatic carbocycles. The summed E-state index contributed by atoms with van der Waals surface area (Å²) in [5, 5.41) is 3.54. The molecule has 3 rings (SSSR count). The number of fused-ring (bicyclic) bond motifs is 1. The molecular weight excluding hydrogens is 284 g/mol. The highest BCUT2D eigenvalue weighted by Crippen LogP contribution is 2.24. The summed E-state index contributed by atoms with van der Waals surface area (Å²) in [6.07, 6.45) is -2.75. The van der Waals surface area contributed by atoms with E-state index >= 15 is 0 Å². The third-order valence-electron chi connectivity index (χ3n) is 2.86. The van der Waals surface area contributed by atoms with Crippen molar-refractivity contribution < 1.29 is 18.1 Å². The molecule has 0 radical (unpaired) electrons. The van der Waals surface area contributed by atoms with Crippen LogP contribution in [0.25, 0.3) is 11.0 Å². The molecule has 9 heteroatoms. The van der Waals surface area contributed by atoms with Gasteiger partial charge in [0.05, 0.1) is 17.6 Å². The van der Waals surface area contributed by atoms with Crippen LogP contribution < -0.4 is 5.73 Å². The van der Waals surface area contributed by atoms with Gasteiger partial charge in [-0.25, -0.2) is 13.8 Å².